The van der Waals surface area contributed by atoms with Gasteiger partial charge in [0.2, 0.25) is 16.9 Å². The Hall–Kier alpha value is -2.71. The Balaban J connectivity index is 1.30. The highest BCUT2D eigenvalue weighted by molar-refractivity contribution is 7.99. The molecule has 4 rings (SSSR count). The molecular formula is C23H24N4O2S2. The third kappa shape index (κ3) is 5.32. The van der Waals surface area contributed by atoms with Crippen LogP contribution in [0.15, 0.2) is 53.4 Å². The molecule has 6 nitrogen and oxygen atoms in total. The van der Waals surface area contributed by atoms with E-state index in [0.29, 0.717) is 30.3 Å². The zero-order chi connectivity index (χ0) is 21.8. The summed E-state index contributed by atoms with van der Waals surface area (Å²) in [7, 11) is 0. The highest BCUT2D eigenvalue weighted by Gasteiger charge is 2.34. The number of benzene rings is 2. The number of carbonyl (C=O) groups is 2. The molecule has 1 aliphatic heterocycles. The molecule has 1 unspecified atom stereocenters. The van der Waals surface area contributed by atoms with Crippen molar-refractivity contribution >= 4 is 45.7 Å². The maximum Gasteiger partial charge on any atom is 0.227 e. The average molecular weight is 453 g/mol. The fraction of sp³-hybridized carbons (Fsp3) is 0.304. The Morgan fingerprint density at radius 2 is 1.94 bits per heavy atom. The first-order chi connectivity index (χ1) is 15.0. The molecule has 8 heteroatoms. The van der Waals surface area contributed by atoms with Gasteiger partial charge >= 0.3 is 0 Å². The summed E-state index contributed by atoms with van der Waals surface area (Å²) in [6.45, 7) is 4.64. The second-order valence-electron chi connectivity index (χ2n) is 7.60. The number of hydrogen-bond donors (Lipinski definition) is 1. The van der Waals surface area contributed by atoms with Crippen LogP contribution in [0, 0.1) is 13.8 Å². The number of nitrogens with one attached hydrogen (secondary N) is 1. The lowest BCUT2D eigenvalue weighted by Gasteiger charge is -2.18. The average Bonchev–Trinajstić information content (AvgIpc) is 3.36. The molecule has 1 atom stereocenters. The Bertz CT molecular complexity index is 1080. The maximum absolute atomic E-state index is 12.6. The van der Waals surface area contributed by atoms with Crippen molar-refractivity contribution in [2.45, 2.75) is 37.5 Å². The minimum absolute atomic E-state index is 0.00708. The Kier molecular flexibility index (Phi) is 6.67. The van der Waals surface area contributed by atoms with Crippen LogP contribution in [-0.2, 0) is 9.59 Å². The van der Waals surface area contributed by atoms with Crippen LogP contribution >= 0.6 is 23.1 Å². The first-order valence-corrected chi connectivity index (χ1v) is 12.0. The topological polar surface area (TPSA) is 75.2 Å². The van der Waals surface area contributed by atoms with Gasteiger partial charge in [0, 0.05) is 41.6 Å². The van der Waals surface area contributed by atoms with Crippen LogP contribution in [0.4, 0.5) is 10.8 Å². The first-order valence-electron chi connectivity index (χ1n) is 10.2. The quantitative estimate of drug-likeness (QED) is 0.522. The molecule has 1 saturated heterocycles. The van der Waals surface area contributed by atoms with E-state index in [9.17, 15) is 9.59 Å². The molecule has 2 heterocycles. The maximum atomic E-state index is 12.6. The highest BCUT2D eigenvalue weighted by atomic mass is 32.2. The number of amides is 2. The van der Waals surface area contributed by atoms with E-state index in [4.69, 9.17) is 0 Å². The number of aromatic nitrogens is 2. The third-order valence-corrected chi connectivity index (χ3v) is 7.20. The van der Waals surface area contributed by atoms with Crippen molar-refractivity contribution in [2.24, 2.45) is 0 Å². The Morgan fingerprint density at radius 3 is 2.71 bits per heavy atom. The number of nitrogens with zero attached hydrogens (tertiary/aromatic N) is 3. The van der Waals surface area contributed by atoms with Gasteiger partial charge in [-0.25, -0.2) is 0 Å². The van der Waals surface area contributed by atoms with Crippen LogP contribution in [0.2, 0.25) is 0 Å². The molecule has 160 valence electrons. The minimum atomic E-state index is -0.0775. The normalized spacial score (nSPS) is 16.0. The van der Waals surface area contributed by atoms with Gasteiger partial charge in [-0.1, -0.05) is 47.2 Å². The van der Waals surface area contributed by atoms with Crippen molar-refractivity contribution < 1.29 is 9.59 Å². The van der Waals surface area contributed by atoms with Gasteiger partial charge in [0.1, 0.15) is 5.01 Å². The van der Waals surface area contributed by atoms with E-state index >= 15 is 0 Å². The smallest absolute Gasteiger partial charge is 0.227 e. The van der Waals surface area contributed by atoms with Gasteiger partial charge in [0.15, 0.2) is 0 Å². The van der Waals surface area contributed by atoms with Gasteiger partial charge in [0.05, 0.1) is 0 Å². The van der Waals surface area contributed by atoms with Crippen LogP contribution in [0.1, 0.15) is 34.9 Å². The summed E-state index contributed by atoms with van der Waals surface area (Å²) in [6, 6.07) is 16.2. The summed E-state index contributed by atoms with van der Waals surface area (Å²) in [5, 5.41) is 12.5. The molecule has 0 bridgehead atoms. The second-order valence-corrected chi connectivity index (χ2v) is 9.77. The fourth-order valence-electron chi connectivity index (χ4n) is 3.50. The summed E-state index contributed by atoms with van der Waals surface area (Å²) < 4.78 is 0. The number of para-hydroxylation sites is 1. The Labute approximate surface area is 190 Å². The number of carbonyl (C=O) groups excluding carboxylic acids is 2. The summed E-state index contributed by atoms with van der Waals surface area (Å²) in [5.41, 5.74) is 3.24. The third-order valence-electron chi connectivity index (χ3n) is 5.19. The lowest BCUT2D eigenvalue weighted by molar-refractivity contribution is -0.117. The predicted molar refractivity (Wildman–Crippen MR) is 126 cm³/mol. The van der Waals surface area contributed by atoms with Gasteiger partial charge in [0.25, 0.3) is 0 Å². The summed E-state index contributed by atoms with van der Waals surface area (Å²) in [5.74, 6) is 0.704. The molecular weight excluding hydrogens is 428 g/mol. The molecule has 1 fully saturated rings. The number of hydrogen-bond acceptors (Lipinski definition) is 6. The van der Waals surface area contributed by atoms with Crippen molar-refractivity contribution in [3.05, 3.63) is 64.7 Å². The minimum Gasteiger partial charge on any atom is -0.311 e. The standard InChI is InChI=1S/C23H24N4O2S2/c1-15-7-9-18(10-8-15)30-12-11-20(28)24-23-26-25-22(31-23)17-13-21(29)27(14-17)19-6-4-3-5-16(19)2/h3-10,17H,11-14H2,1-2H3,(H,24,26,28). The van der Waals surface area contributed by atoms with E-state index in [1.165, 1.54) is 16.9 Å². The van der Waals surface area contributed by atoms with Crippen molar-refractivity contribution in [1.29, 1.82) is 0 Å². The van der Waals surface area contributed by atoms with Crippen molar-refractivity contribution in [2.75, 3.05) is 22.5 Å². The molecule has 0 spiro atoms. The Morgan fingerprint density at radius 1 is 1.16 bits per heavy atom. The van der Waals surface area contributed by atoms with E-state index in [1.54, 1.807) is 11.8 Å². The van der Waals surface area contributed by atoms with Gasteiger partial charge in [-0.2, -0.15) is 0 Å². The molecule has 1 N–H and O–H groups in total. The van der Waals surface area contributed by atoms with Crippen LogP contribution in [0.5, 0.6) is 0 Å². The van der Waals surface area contributed by atoms with E-state index in [2.05, 4.69) is 46.7 Å². The van der Waals surface area contributed by atoms with Crippen LogP contribution in [0.3, 0.4) is 0 Å². The lowest BCUT2D eigenvalue weighted by atomic mass is 10.1. The SMILES string of the molecule is Cc1ccc(SCCC(=O)Nc2nnc(C3CC(=O)N(c4ccccc4C)C3)s2)cc1. The van der Waals surface area contributed by atoms with E-state index < -0.39 is 0 Å². The molecule has 0 saturated carbocycles. The van der Waals surface area contributed by atoms with E-state index in [-0.39, 0.29) is 17.7 Å². The van der Waals surface area contributed by atoms with Gasteiger partial charge in [-0.3, -0.25) is 9.59 Å². The number of anilines is 2. The molecule has 3 aromatic rings. The van der Waals surface area contributed by atoms with Crippen LogP contribution < -0.4 is 10.2 Å². The van der Waals surface area contributed by atoms with Crippen molar-refractivity contribution in [1.82, 2.24) is 10.2 Å². The van der Waals surface area contributed by atoms with Crippen molar-refractivity contribution in [3.63, 3.8) is 0 Å². The monoisotopic (exact) mass is 452 g/mol. The summed E-state index contributed by atoms with van der Waals surface area (Å²) in [4.78, 5) is 27.8. The zero-order valence-corrected chi connectivity index (χ0v) is 19.1. The van der Waals surface area contributed by atoms with E-state index in [1.807, 2.05) is 36.1 Å². The molecule has 2 aromatic carbocycles. The number of thioether (sulfide) groups is 1. The van der Waals surface area contributed by atoms with Crippen molar-refractivity contribution in [3.8, 4) is 0 Å². The van der Waals surface area contributed by atoms with Gasteiger partial charge in [-0.15, -0.1) is 22.0 Å². The molecule has 0 radical (unpaired) electrons. The predicted octanol–water partition coefficient (Wildman–Crippen LogP) is 4.80. The molecule has 1 aromatic heterocycles. The zero-order valence-electron chi connectivity index (χ0n) is 17.5. The van der Waals surface area contributed by atoms with Crippen LogP contribution in [0.25, 0.3) is 0 Å². The molecule has 0 aliphatic carbocycles. The highest BCUT2D eigenvalue weighted by Crippen LogP contribution is 2.35. The lowest BCUT2D eigenvalue weighted by Crippen LogP contribution is -2.25. The first kappa shape index (κ1) is 21.5. The van der Waals surface area contributed by atoms with Gasteiger partial charge < -0.3 is 10.2 Å². The molecule has 31 heavy (non-hydrogen) atoms. The largest absolute Gasteiger partial charge is 0.311 e. The van der Waals surface area contributed by atoms with Crippen LogP contribution in [-0.4, -0.2) is 34.3 Å². The number of aryl methyl sites for hydroxylation is 2. The number of rotatable bonds is 7. The summed E-state index contributed by atoms with van der Waals surface area (Å²) in [6.07, 6.45) is 0.806. The summed E-state index contributed by atoms with van der Waals surface area (Å²) >= 11 is 3.01. The second kappa shape index (κ2) is 9.62. The fourth-order valence-corrected chi connectivity index (χ4v) is 5.20. The van der Waals surface area contributed by atoms with Gasteiger partial charge in [-0.05, 0) is 37.6 Å². The molecule has 1 aliphatic rings. The molecule has 2 amide bonds. The van der Waals surface area contributed by atoms with E-state index in [0.717, 1.165) is 21.2 Å².